The average Bonchev–Trinajstić information content (AvgIpc) is 2.48. The van der Waals surface area contributed by atoms with Crippen molar-refractivity contribution in [1.29, 1.82) is 0 Å². The molecule has 7 nitrogen and oxygen atoms in total. The molecule has 2 aromatic rings. The molecule has 0 radical (unpaired) electrons. The van der Waals surface area contributed by atoms with Crippen molar-refractivity contribution in [3.8, 4) is 5.75 Å². The molecular weight excluding hydrogens is 429 g/mol. The largest absolute Gasteiger partial charge is 0.476 e. The number of aromatic nitrogens is 1. The molecule has 0 aliphatic carbocycles. The average molecular weight is 444 g/mol. The second kappa shape index (κ2) is 6.20. The first kappa shape index (κ1) is 18.6. The Kier molecular flexibility index (Phi) is 4.43. The van der Waals surface area contributed by atoms with Crippen LogP contribution in [0.3, 0.4) is 0 Å². The molecule has 26 heavy (non-hydrogen) atoms. The number of ether oxygens (including phenoxy) is 1. The van der Waals surface area contributed by atoms with Gasteiger partial charge >= 0.3 is 0 Å². The molecule has 0 fully saturated rings. The van der Waals surface area contributed by atoms with Crippen molar-refractivity contribution < 1.29 is 22.3 Å². The fourth-order valence-corrected chi connectivity index (χ4v) is 3.33. The molecule has 0 bridgehead atoms. The van der Waals surface area contributed by atoms with E-state index in [0.29, 0.717) is 4.47 Å². The molecule has 2 heterocycles. The van der Waals surface area contributed by atoms with E-state index >= 15 is 0 Å². The van der Waals surface area contributed by atoms with Gasteiger partial charge in [-0.3, -0.25) is 14.4 Å². The lowest BCUT2D eigenvalue weighted by Gasteiger charge is -2.38. The predicted octanol–water partition coefficient (Wildman–Crippen LogP) is 3.19. The maximum absolute atomic E-state index is 14.8. The summed E-state index contributed by atoms with van der Waals surface area (Å²) in [6.45, 7) is 3.08. The Balaban J connectivity index is 2.19. The minimum atomic E-state index is -3.60. The number of hydrogen-bond donors (Lipinski definition) is 1. The Morgan fingerprint density at radius 1 is 1.31 bits per heavy atom. The molecule has 138 valence electrons. The van der Waals surface area contributed by atoms with Crippen LogP contribution in [0, 0.1) is 5.82 Å². The summed E-state index contributed by atoms with van der Waals surface area (Å²) in [4.78, 5) is 18.1. The normalized spacial score (nSPS) is 16.0. The second-order valence-corrected chi connectivity index (χ2v) is 8.93. The molecule has 3 rings (SSSR count). The van der Waals surface area contributed by atoms with Crippen LogP contribution in [0.15, 0.2) is 34.9 Å². The van der Waals surface area contributed by atoms with Crippen LogP contribution in [0.5, 0.6) is 5.75 Å². The van der Waals surface area contributed by atoms with Gasteiger partial charge in [0.15, 0.2) is 11.4 Å². The minimum absolute atomic E-state index is 0.00221. The lowest BCUT2D eigenvalue weighted by atomic mass is 10.0. The second-order valence-electron chi connectivity index (χ2n) is 6.27. The summed E-state index contributed by atoms with van der Waals surface area (Å²) < 4.78 is 46.2. The number of benzene rings is 1. The SMILES string of the molecule is CC1(C)Oc2cc(NS(C)(=O)=O)cc(F)c2N(c2ccc(Br)cn2)C1=O. The lowest BCUT2D eigenvalue weighted by molar-refractivity contribution is -0.131. The van der Waals surface area contributed by atoms with Crippen molar-refractivity contribution in [2.75, 3.05) is 15.9 Å². The Bertz CT molecular complexity index is 993. The summed E-state index contributed by atoms with van der Waals surface area (Å²) >= 11 is 3.26. The molecule has 1 N–H and O–H groups in total. The number of hydrogen-bond acceptors (Lipinski definition) is 5. The first-order valence-corrected chi connectivity index (χ1v) is 10.1. The van der Waals surface area contributed by atoms with Crippen molar-refractivity contribution in [2.45, 2.75) is 19.4 Å². The Labute approximate surface area is 158 Å². The van der Waals surface area contributed by atoms with Crippen LogP contribution >= 0.6 is 15.9 Å². The molecule has 1 aliphatic rings. The van der Waals surface area contributed by atoms with E-state index in [0.717, 1.165) is 17.2 Å². The third-order valence-corrected chi connectivity index (χ3v) is 4.65. The lowest BCUT2D eigenvalue weighted by Crippen LogP contribution is -2.51. The van der Waals surface area contributed by atoms with E-state index in [-0.39, 0.29) is 22.9 Å². The zero-order valence-corrected chi connectivity index (χ0v) is 16.5. The maximum Gasteiger partial charge on any atom is 0.276 e. The highest BCUT2D eigenvalue weighted by Crippen LogP contribution is 2.44. The number of pyridine rings is 1. The topological polar surface area (TPSA) is 88.6 Å². The van der Waals surface area contributed by atoms with Crippen molar-refractivity contribution in [2.24, 2.45) is 0 Å². The zero-order valence-electron chi connectivity index (χ0n) is 14.1. The smallest absolute Gasteiger partial charge is 0.276 e. The number of carbonyl (C=O) groups excluding carboxylic acids is 1. The maximum atomic E-state index is 14.8. The van der Waals surface area contributed by atoms with Gasteiger partial charge in [-0.2, -0.15) is 0 Å². The third-order valence-electron chi connectivity index (χ3n) is 3.58. The first-order chi connectivity index (χ1) is 12.0. The molecular formula is C16H15BrFN3O4S. The van der Waals surface area contributed by atoms with Gasteiger partial charge in [0, 0.05) is 22.8 Å². The summed E-state index contributed by atoms with van der Waals surface area (Å²) in [6, 6.07) is 5.56. The van der Waals surface area contributed by atoms with E-state index in [1.807, 2.05) is 0 Å². The van der Waals surface area contributed by atoms with Gasteiger partial charge in [-0.1, -0.05) is 0 Å². The number of halogens is 2. The molecule has 10 heteroatoms. The van der Waals surface area contributed by atoms with Crippen molar-refractivity contribution >= 4 is 49.1 Å². The zero-order chi connectivity index (χ0) is 19.3. The van der Waals surface area contributed by atoms with Crippen molar-refractivity contribution in [3.05, 3.63) is 40.8 Å². The van der Waals surface area contributed by atoms with Gasteiger partial charge in [-0.25, -0.2) is 17.8 Å². The van der Waals surface area contributed by atoms with E-state index < -0.39 is 27.3 Å². The van der Waals surface area contributed by atoms with E-state index in [1.165, 1.54) is 12.3 Å². The fourth-order valence-electron chi connectivity index (χ4n) is 2.55. The summed E-state index contributed by atoms with van der Waals surface area (Å²) in [6.07, 6.45) is 2.44. The highest BCUT2D eigenvalue weighted by molar-refractivity contribution is 9.10. The standard InChI is InChI=1S/C16H15BrFN3O4S/c1-16(2)15(22)21(13-5-4-9(17)8-19-13)14-11(18)6-10(7-12(14)25-16)20-26(3,23)24/h4-8,20H,1-3H3. The summed E-state index contributed by atoms with van der Waals surface area (Å²) in [5.74, 6) is -1.06. The number of nitrogens with zero attached hydrogens (tertiary/aromatic N) is 2. The van der Waals surface area contributed by atoms with Crippen LogP contribution in [0.25, 0.3) is 0 Å². The molecule has 0 saturated carbocycles. The van der Waals surface area contributed by atoms with Crippen LogP contribution in [-0.4, -0.2) is 31.2 Å². The van der Waals surface area contributed by atoms with Crippen molar-refractivity contribution in [3.63, 3.8) is 0 Å². The quantitative estimate of drug-likeness (QED) is 0.786. The molecule has 0 spiro atoms. The van der Waals surface area contributed by atoms with Gasteiger partial charge in [-0.05, 0) is 41.9 Å². The highest BCUT2D eigenvalue weighted by atomic mass is 79.9. The number of amides is 1. The number of rotatable bonds is 3. The number of nitrogens with one attached hydrogen (secondary N) is 1. The fraction of sp³-hybridized carbons (Fsp3) is 0.250. The molecule has 0 atom stereocenters. The number of sulfonamides is 1. The van der Waals surface area contributed by atoms with Gasteiger partial charge in [0.05, 0.1) is 11.9 Å². The number of anilines is 3. The Morgan fingerprint density at radius 3 is 2.58 bits per heavy atom. The van der Waals surface area contributed by atoms with Crippen LogP contribution < -0.4 is 14.4 Å². The van der Waals surface area contributed by atoms with Crippen LogP contribution in [0.1, 0.15) is 13.8 Å². The molecule has 1 aromatic heterocycles. The predicted molar refractivity (Wildman–Crippen MR) is 98.7 cm³/mol. The van der Waals surface area contributed by atoms with Gasteiger partial charge in [0.2, 0.25) is 10.0 Å². The monoisotopic (exact) mass is 443 g/mol. The van der Waals surface area contributed by atoms with Gasteiger partial charge in [0.1, 0.15) is 17.3 Å². The Hall–Kier alpha value is -2.20. The van der Waals surface area contributed by atoms with Crippen LogP contribution in [0.4, 0.5) is 21.6 Å². The van der Waals surface area contributed by atoms with Gasteiger partial charge in [0.25, 0.3) is 5.91 Å². The van der Waals surface area contributed by atoms with Crippen molar-refractivity contribution in [1.82, 2.24) is 4.98 Å². The van der Waals surface area contributed by atoms with E-state index in [4.69, 9.17) is 4.74 Å². The molecule has 1 aliphatic heterocycles. The summed E-state index contributed by atoms with van der Waals surface area (Å²) in [5.41, 5.74) is -1.42. The molecule has 1 aromatic carbocycles. The van der Waals surface area contributed by atoms with E-state index in [1.54, 1.807) is 26.0 Å². The summed E-state index contributed by atoms with van der Waals surface area (Å²) in [7, 11) is -3.60. The molecule has 0 unspecified atom stereocenters. The number of fused-ring (bicyclic) bond motifs is 1. The molecule has 1 amide bonds. The summed E-state index contributed by atoms with van der Waals surface area (Å²) in [5, 5.41) is 0. The molecule has 0 saturated heterocycles. The Morgan fingerprint density at radius 2 is 2.00 bits per heavy atom. The van der Waals surface area contributed by atoms with Gasteiger partial charge < -0.3 is 4.74 Å². The van der Waals surface area contributed by atoms with Crippen LogP contribution in [-0.2, 0) is 14.8 Å². The van der Waals surface area contributed by atoms with Crippen LogP contribution in [0.2, 0.25) is 0 Å². The van der Waals surface area contributed by atoms with E-state index in [9.17, 15) is 17.6 Å². The minimum Gasteiger partial charge on any atom is -0.476 e. The number of carbonyl (C=O) groups is 1. The first-order valence-electron chi connectivity index (χ1n) is 7.44. The third kappa shape index (κ3) is 3.51. The van der Waals surface area contributed by atoms with Gasteiger partial charge in [-0.15, -0.1) is 0 Å². The highest BCUT2D eigenvalue weighted by Gasteiger charge is 2.44. The van der Waals surface area contributed by atoms with E-state index in [2.05, 4.69) is 25.6 Å².